The predicted octanol–water partition coefficient (Wildman–Crippen LogP) is 2.39. The summed E-state index contributed by atoms with van der Waals surface area (Å²) >= 11 is 1.07. The predicted molar refractivity (Wildman–Crippen MR) is 54.8 cm³/mol. The second-order valence-corrected chi connectivity index (χ2v) is 3.22. The van der Waals surface area contributed by atoms with Crippen LogP contribution in [0, 0.1) is 5.82 Å². The lowest BCUT2D eigenvalue weighted by molar-refractivity contribution is 0.631. The third-order valence-corrected chi connectivity index (χ3v) is 2.38. The minimum Gasteiger partial charge on any atom is -0.370 e. The van der Waals surface area contributed by atoms with Gasteiger partial charge < -0.3 is 5.32 Å². The molecule has 0 atom stereocenters. The van der Waals surface area contributed by atoms with E-state index in [9.17, 15) is 4.39 Å². The van der Waals surface area contributed by atoms with E-state index in [1.807, 2.05) is 0 Å². The zero-order valence-corrected chi connectivity index (χ0v) is 8.31. The van der Waals surface area contributed by atoms with Gasteiger partial charge in [-0.3, -0.25) is 0 Å². The number of rotatable bonds is 2. The molecule has 14 heavy (non-hydrogen) atoms. The number of benzene rings is 1. The molecular weight excluding hydrogens is 201 g/mol. The zero-order chi connectivity index (χ0) is 9.97. The van der Waals surface area contributed by atoms with E-state index in [2.05, 4.69) is 14.1 Å². The maximum Gasteiger partial charge on any atom is 0.167 e. The van der Waals surface area contributed by atoms with Crippen LogP contribution in [0.1, 0.15) is 0 Å². The van der Waals surface area contributed by atoms with E-state index in [1.165, 1.54) is 6.07 Å². The monoisotopic (exact) mass is 209 g/mol. The Bertz CT molecular complexity index is 441. The molecule has 3 nitrogen and oxygen atoms in total. The lowest BCUT2D eigenvalue weighted by atomic mass is 10.1. The number of nitrogens with zero attached hydrogens (tertiary/aromatic N) is 2. The molecule has 2 rings (SSSR count). The summed E-state index contributed by atoms with van der Waals surface area (Å²) in [7, 11) is 1.74. The normalized spacial score (nSPS) is 10.1. The summed E-state index contributed by atoms with van der Waals surface area (Å²) in [4.78, 5) is 0. The first-order chi connectivity index (χ1) is 6.83. The molecule has 1 N–H and O–H groups in total. The summed E-state index contributed by atoms with van der Waals surface area (Å²) in [5.41, 5.74) is 1.04. The van der Waals surface area contributed by atoms with Gasteiger partial charge in [-0.25, -0.2) is 4.39 Å². The lowest BCUT2D eigenvalue weighted by Crippen LogP contribution is -1.92. The minimum atomic E-state index is -0.281. The quantitative estimate of drug-likeness (QED) is 0.825. The molecule has 1 aromatic carbocycles. The Kier molecular flexibility index (Phi) is 2.41. The zero-order valence-electron chi connectivity index (χ0n) is 7.49. The molecule has 0 unspecified atom stereocenters. The van der Waals surface area contributed by atoms with E-state index < -0.39 is 0 Å². The van der Waals surface area contributed by atoms with Crippen LogP contribution in [0.3, 0.4) is 0 Å². The van der Waals surface area contributed by atoms with Gasteiger partial charge in [0.05, 0.1) is 11.7 Å². The van der Waals surface area contributed by atoms with Crippen molar-refractivity contribution in [1.29, 1.82) is 0 Å². The molecule has 0 bridgehead atoms. The average Bonchev–Trinajstić information content (AvgIpc) is 2.66. The van der Waals surface area contributed by atoms with Crippen molar-refractivity contribution in [2.24, 2.45) is 0 Å². The highest BCUT2D eigenvalue weighted by Crippen LogP contribution is 2.27. The molecule has 0 aliphatic heterocycles. The van der Waals surface area contributed by atoms with Crippen molar-refractivity contribution in [2.45, 2.75) is 0 Å². The van der Waals surface area contributed by atoms with Crippen molar-refractivity contribution in [3.63, 3.8) is 0 Å². The minimum absolute atomic E-state index is 0.281. The first-order valence-electron chi connectivity index (χ1n) is 4.08. The van der Waals surface area contributed by atoms with Crippen LogP contribution in [0.4, 0.5) is 10.2 Å². The maximum atomic E-state index is 13.4. The third-order valence-electron chi connectivity index (χ3n) is 1.85. The van der Waals surface area contributed by atoms with Gasteiger partial charge >= 0.3 is 0 Å². The van der Waals surface area contributed by atoms with Gasteiger partial charge in [0.25, 0.3) is 0 Å². The molecule has 2 aromatic rings. The molecule has 0 radical (unpaired) electrons. The van der Waals surface area contributed by atoms with Crippen molar-refractivity contribution in [1.82, 2.24) is 8.75 Å². The van der Waals surface area contributed by atoms with E-state index in [0.717, 1.165) is 11.7 Å². The number of anilines is 1. The Morgan fingerprint density at radius 3 is 2.79 bits per heavy atom. The highest BCUT2D eigenvalue weighted by atomic mass is 32.1. The fraction of sp³-hybridized carbons (Fsp3) is 0.111. The maximum absolute atomic E-state index is 13.4. The molecule has 0 saturated carbocycles. The molecule has 0 saturated heterocycles. The molecule has 0 spiro atoms. The van der Waals surface area contributed by atoms with Gasteiger partial charge in [0, 0.05) is 12.6 Å². The summed E-state index contributed by atoms with van der Waals surface area (Å²) in [6.07, 6.45) is 0. The van der Waals surface area contributed by atoms with E-state index in [4.69, 9.17) is 0 Å². The molecule has 5 heteroatoms. The van der Waals surface area contributed by atoms with E-state index in [-0.39, 0.29) is 5.82 Å². The number of halogens is 1. The van der Waals surface area contributed by atoms with Crippen molar-refractivity contribution in [3.05, 3.63) is 30.1 Å². The molecule has 1 aromatic heterocycles. The summed E-state index contributed by atoms with van der Waals surface area (Å²) in [6.45, 7) is 0. The van der Waals surface area contributed by atoms with Crippen molar-refractivity contribution < 1.29 is 4.39 Å². The highest BCUT2D eigenvalue weighted by Gasteiger charge is 2.12. The number of hydrogen-bond donors (Lipinski definition) is 1. The van der Waals surface area contributed by atoms with Gasteiger partial charge in [-0.1, -0.05) is 12.1 Å². The lowest BCUT2D eigenvalue weighted by Gasteiger charge is -2.00. The average molecular weight is 209 g/mol. The van der Waals surface area contributed by atoms with Crippen LogP contribution in [-0.2, 0) is 0 Å². The largest absolute Gasteiger partial charge is 0.370 e. The van der Waals surface area contributed by atoms with Gasteiger partial charge in [-0.2, -0.15) is 8.75 Å². The van der Waals surface area contributed by atoms with E-state index >= 15 is 0 Å². The third kappa shape index (κ3) is 1.46. The van der Waals surface area contributed by atoms with Crippen molar-refractivity contribution >= 4 is 17.5 Å². The Hall–Kier alpha value is -1.49. The van der Waals surface area contributed by atoms with E-state index in [0.29, 0.717) is 17.1 Å². The Balaban J connectivity index is 2.54. The topological polar surface area (TPSA) is 37.8 Å². The Morgan fingerprint density at radius 2 is 2.07 bits per heavy atom. The first-order valence-corrected chi connectivity index (χ1v) is 4.81. The fourth-order valence-electron chi connectivity index (χ4n) is 1.18. The van der Waals surface area contributed by atoms with Gasteiger partial charge in [0.2, 0.25) is 0 Å². The van der Waals surface area contributed by atoms with Gasteiger partial charge in [-0.05, 0) is 12.1 Å². The van der Waals surface area contributed by atoms with Crippen LogP contribution >= 0.6 is 11.7 Å². The van der Waals surface area contributed by atoms with Crippen LogP contribution in [0.25, 0.3) is 11.3 Å². The molecule has 0 amide bonds. The number of aromatic nitrogens is 2. The molecule has 1 heterocycles. The highest BCUT2D eigenvalue weighted by molar-refractivity contribution is 6.99. The molecular formula is C9H8FN3S. The summed E-state index contributed by atoms with van der Waals surface area (Å²) in [5, 5.41) is 2.87. The standard InChI is InChI=1S/C9H8FN3S/c1-11-9-8(12-14-13-9)6-4-2-3-5-7(6)10/h2-5H,1H3,(H,11,13). The fourth-order valence-corrected chi connectivity index (χ4v) is 1.75. The second kappa shape index (κ2) is 3.71. The Labute approximate surface area is 84.9 Å². The Morgan fingerprint density at radius 1 is 1.29 bits per heavy atom. The van der Waals surface area contributed by atoms with Crippen LogP contribution < -0.4 is 5.32 Å². The molecule has 0 fully saturated rings. The van der Waals surface area contributed by atoms with Crippen LogP contribution in [0.15, 0.2) is 24.3 Å². The van der Waals surface area contributed by atoms with Gasteiger partial charge in [0.1, 0.15) is 11.5 Å². The summed E-state index contributed by atoms with van der Waals surface area (Å²) < 4.78 is 21.4. The van der Waals surface area contributed by atoms with E-state index in [1.54, 1.807) is 25.2 Å². The first kappa shape index (κ1) is 9.08. The van der Waals surface area contributed by atoms with Crippen LogP contribution in [0.5, 0.6) is 0 Å². The smallest absolute Gasteiger partial charge is 0.167 e. The van der Waals surface area contributed by atoms with Crippen molar-refractivity contribution in [3.8, 4) is 11.3 Å². The summed E-state index contributed by atoms with van der Waals surface area (Å²) in [6, 6.07) is 6.52. The molecule has 0 aliphatic rings. The van der Waals surface area contributed by atoms with Crippen LogP contribution in [0.2, 0.25) is 0 Å². The SMILES string of the molecule is CNc1nsnc1-c1ccccc1F. The van der Waals surface area contributed by atoms with Crippen LogP contribution in [-0.4, -0.2) is 15.8 Å². The molecule has 0 aliphatic carbocycles. The van der Waals surface area contributed by atoms with Gasteiger partial charge in [0.15, 0.2) is 5.82 Å². The van der Waals surface area contributed by atoms with Gasteiger partial charge in [-0.15, -0.1) is 0 Å². The number of nitrogens with one attached hydrogen (secondary N) is 1. The van der Waals surface area contributed by atoms with Crippen molar-refractivity contribution in [2.75, 3.05) is 12.4 Å². The second-order valence-electron chi connectivity index (χ2n) is 2.69. The number of hydrogen-bond acceptors (Lipinski definition) is 4. The molecule has 72 valence electrons. The summed E-state index contributed by atoms with van der Waals surface area (Å²) in [5.74, 6) is 0.330.